The van der Waals surface area contributed by atoms with E-state index in [-0.39, 0.29) is 18.9 Å². The van der Waals surface area contributed by atoms with Gasteiger partial charge in [0, 0.05) is 6.42 Å². The van der Waals surface area contributed by atoms with Crippen LogP contribution in [0.15, 0.2) is 30.3 Å². The largest absolute Gasteiger partial charge is 0.445 e. The maximum atomic E-state index is 12.6. The minimum atomic E-state index is -0.996. The molecule has 3 amide bonds. The van der Waals surface area contributed by atoms with E-state index in [1.54, 1.807) is 6.92 Å². The van der Waals surface area contributed by atoms with Crippen molar-refractivity contribution in [1.29, 1.82) is 5.26 Å². The molecule has 0 unspecified atom stereocenters. The molecule has 8 nitrogen and oxygen atoms in total. The Bertz CT molecular complexity index is 700. The van der Waals surface area contributed by atoms with Crippen molar-refractivity contribution in [1.82, 2.24) is 10.6 Å². The molecule has 8 heteroatoms. The van der Waals surface area contributed by atoms with Crippen molar-refractivity contribution < 1.29 is 19.1 Å². The van der Waals surface area contributed by atoms with Crippen molar-refractivity contribution in [3.05, 3.63) is 35.9 Å². The molecule has 0 aromatic heterocycles. The monoisotopic (exact) mass is 388 g/mol. The summed E-state index contributed by atoms with van der Waals surface area (Å²) in [7, 11) is 0. The number of primary amides is 1. The molecule has 0 aliphatic carbocycles. The van der Waals surface area contributed by atoms with Crippen molar-refractivity contribution in [2.24, 2.45) is 17.6 Å². The summed E-state index contributed by atoms with van der Waals surface area (Å²) in [6, 6.07) is 9.22. The van der Waals surface area contributed by atoms with Crippen LogP contribution in [-0.4, -0.2) is 30.0 Å². The molecule has 0 saturated heterocycles. The molecule has 0 aliphatic rings. The number of alkyl carbamates (subject to hydrolysis) is 1. The Hall–Kier alpha value is -3.08. The van der Waals surface area contributed by atoms with Gasteiger partial charge in [-0.1, -0.05) is 51.1 Å². The van der Waals surface area contributed by atoms with E-state index in [2.05, 4.69) is 10.6 Å². The Morgan fingerprint density at radius 1 is 1.14 bits per heavy atom. The number of nitrogens with zero attached hydrogens (tertiary/aromatic N) is 1. The van der Waals surface area contributed by atoms with Crippen LogP contribution in [0.2, 0.25) is 0 Å². The highest BCUT2D eigenvalue weighted by molar-refractivity contribution is 5.90. The number of carbonyl (C=O) groups excluding carboxylic acids is 3. The van der Waals surface area contributed by atoms with Crippen molar-refractivity contribution >= 4 is 17.9 Å². The van der Waals surface area contributed by atoms with Gasteiger partial charge in [-0.15, -0.1) is 0 Å². The van der Waals surface area contributed by atoms with Gasteiger partial charge in [-0.3, -0.25) is 9.59 Å². The zero-order chi connectivity index (χ0) is 21.1. The van der Waals surface area contributed by atoms with Gasteiger partial charge in [-0.05, 0) is 23.8 Å². The Morgan fingerprint density at radius 2 is 1.79 bits per heavy atom. The second-order valence-corrected chi connectivity index (χ2v) is 7.12. The number of nitrogens with two attached hydrogens (primary N) is 1. The second kappa shape index (κ2) is 11.6. The third-order valence-electron chi connectivity index (χ3n) is 4.12. The Morgan fingerprint density at radius 3 is 2.32 bits per heavy atom. The number of ether oxygens (including phenoxy) is 1. The average Bonchev–Trinajstić information content (AvgIpc) is 2.64. The molecule has 0 heterocycles. The van der Waals surface area contributed by atoms with E-state index in [4.69, 9.17) is 15.7 Å². The lowest BCUT2D eigenvalue weighted by Gasteiger charge is -2.25. The number of amides is 3. The highest BCUT2D eigenvalue weighted by atomic mass is 16.5. The topological polar surface area (TPSA) is 134 Å². The fourth-order valence-electron chi connectivity index (χ4n) is 2.62. The minimum Gasteiger partial charge on any atom is -0.445 e. The molecule has 1 aromatic rings. The third-order valence-corrected chi connectivity index (χ3v) is 4.12. The normalized spacial score (nSPS) is 13.7. The van der Waals surface area contributed by atoms with Crippen LogP contribution < -0.4 is 16.4 Å². The number of carbonyl (C=O) groups is 3. The average molecular weight is 388 g/mol. The summed E-state index contributed by atoms with van der Waals surface area (Å²) >= 11 is 0. The summed E-state index contributed by atoms with van der Waals surface area (Å²) in [5, 5.41) is 13.9. The van der Waals surface area contributed by atoms with Crippen LogP contribution in [0.5, 0.6) is 0 Å². The van der Waals surface area contributed by atoms with Gasteiger partial charge >= 0.3 is 6.09 Å². The van der Waals surface area contributed by atoms with Crippen LogP contribution in [0.25, 0.3) is 0 Å². The maximum Gasteiger partial charge on any atom is 0.408 e. The zero-order valence-corrected chi connectivity index (χ0v) is 16.5. The van der Waals surface area contributed by atoms with Gasteiger partial charge in [0.05, 0.1) is 6.07 Å². The first-order valence-electron chi connectivity index (χ1n) is 9.18. The lowest BCUT2D eigenvalue weighted by molar-refractivity contribution is -0.129. The van der Waals surface area contributed by atoms with E-state index in [0.717, 1.165) is 5.56 Å². The molecule has 0 radical (unpaired) electrons. The highest BCUT2D eigenvalue weighted by Gasteiger charge is 2.29. The molecular weight excluding hydrogens is 360 g/mol. The molecule has 3 atom stereocenters. The zero-order valence-electron chi connectivity index (χ0n) is 16.5. The lowest BCUT2D eigenvalue weighted by atomic mass is 9.97. The van der Waals surface area contributed by atoms with Crippen LogP contribution >= 0.6 is 0 Å². The van der Waals surface area contributed by atoms with Gasteiger partial charge in [-0.25, -0.2) is 4.79 Å². The molecule has 0 fully saturated rings. The van der Waals surface area contributed by atoms with Crippen molar-refractivity contribution in [3.63, 3.8) is 0 Å². The van der Waals surface area contributed by atoms with Crippen LogP contribution in [0, 0.1) is 23.2 Å². The van der Waals surface area contributed by atoms with Crippen LogP contribution in [-0.2, 0) is 20.9 Å². The SMILES string of the molecule is CC(C)C[C@H](NC(=O)OCc1ccccc1)C(=O)N[C@@H](C(N)=O)[C@H](C)CC#N. The molecule has 152 valence electrons. The van der Waals surface area contributed by atoms with E-state index < -0.39 is 35.9 Å². The summed E-state index contributed by atoms with van der Waals surface area (Å²) in [5.74, 6) is -1.62. The molecule has 0 bridgehead atoms. The fourth-order valence-corrected chi connectivity index (χ4v) is 2.62. The number of nitrogens with one attached hydrogen (secondary N) is 2. The molecule has 4 N–H and O–H groups in total. The summed E-state index contributed by atoms with van der Waals surface area (Å²) in [4.78, 5) is 36.4. The molecule has 0 spiro atoms. The quantitative estimate of drug-likeness (QED) is 0.562. The van der Waals surface area contributed by atoms with Gasteiger partial charge in [0.25, 0.3) is 0 Å². The Labute approximate surface area is 165 Å². The van der Waals surface area contributed by atoms with Gasteiger partial charge in [-0.2, -0.15) is 5.26 Å². The summed E-state index contributed by atoms with van der Waals surface area (Å²) in [6.45, 7) is 5.53. The summed E-state index contributed by atoms with van der Waals surface area (Å²) in [5.41, 5.74) is 6.18. The summed E-state index contributed by atoms with van der Waals surface area (Å²) in [6.07, 6.45) is -0.315. The Balaban J connectivity index is 2.74. The van der Waals surface area contributed by atoms with E-state index >= 15 is 0 Å². The first kappa shape index (κ1) is 23.0. The molecule has 1 aromatic carbocycles. The van der Waals surface area contributed by atoms with Gasteiger partial charge in [0.15, 0.2) is 0 Å². The number of hydrogen-bond donors (Lipinski definition) is 3. The molecule has 28 heavy (non-hydrogen) atoms. The van der Waals surface area contributed by atoms with Crippen LogP contribution in [0.3, 0.4) is 0 Å². The standard InChI is InChI=1S/C20H28N4O4/c1-13(2)11-16(19(26)24-17(18(22)25)14(3)9-10-21)23-20(27)28-12-15-7-5-4-6-8-15/h4-8,13-14,16-17H,9,11-12H2,1-3H3,(H2,22,25)(H,23,27)(H,24,26)/t14-,16+,17-/m1/s1. The van der Waals surface area contributed by atoms with E-state index in [9.17, 15) is 14.4 Å². The second-order valence-electron chi connectivity index (χ2n) is 7.12. The van der Waals surface area contributed by atoms with Gasteiger partial charge < -0.3 is 21.1 Å². The van der Waals surface area contributed by atoms with Gasteiger partial charge in [0.1, 0.15) is 18.7 Å². The lowest BCUT2D eigenvalue weighted by Crippen LogP contribution is -2.55. The van der Waals surface area contributed by atoms with Crippen molar-refractivity contribution in [2.45, 2.75) is 52.3 Å². The van der Waals surface area contributed by atoms with Crippen LogP contribution in [0.1, 0.15) is 39.2 Å². The first-order valence-corrected chi connectivity index (χ1v) is 9.18. The van der Waals surface area contributed by atoms with Crippen molar-refractivity contribution in [3.8, 4) is 6.07 Å². The molecule has 0 saturated carbocycles. The molecule has 0 aliphatic heterocycles. The molecular formula is C20H28N4O4. The third kappa shape index (κ3) is 8.08. The fraction of sp³-hybridized carbons (Fsp3) is 0.500. The predicted molar refractivity (Wildman–Crippen MR) is 104 cm³/mol. The van der Waals surface area contributed by atoms with E-state index in [1.165, 1.54) is 0 Å². The maximum absolute atomic E-state index is 12.6. The highest BCUT2D eigenvalue weighted by Crippen LogP contribution is 2.10. The van der Waals surface area contributed by atoms with E-state index in [1.807, 2.05) is 50.2 Å². The van der Waals surface area contributed by atoms with Crippen molar-refractivity contribution in [2.75, 3.05) is 0 Å². The smallest absolute Gasteiger partial charge is 0.408 e. The predicted octanol–water partition coefficient (Wildman–Crippen LogP) is 1.85. The van der Waals surface area contributed by atoms with E-state index in [0.29, 0.717) is 6.42 Å². The molecule has 1 rings (SSSR count). The first-order chi connectivity index (χ1) is 13.2. The number of rotatable bonds is 10. The number of hydrogen-bond acceptors (Lipinski definition) is 5. The Kier molecular flexibility index (Phi) is 9.51. The van der Waals surface area contributed by atoms with Crippen LogP contribution in [0.4, 0.5) is 4.79 Å². The van der Waals surface area contributed by atoms with Gasteiger partial charge in [0.2, 0.25) is 11.8 Å². The summed E-state index contributed by atoms with van der Waals surface area (Å²) < 4.78 is 5.16. The number of nitriles is 1. The minimum absolute atomic E-state index is 0.0648. The number of benzene rings is 1.